The maximum atomic E-state index is 12.5. The highest BCUT2D eigenvalue weighted by molar-refractivity contribution is 7.16. The van der Waals surface area contributed by atoms with Crippen LogP contribution in [0.5, 0.6) is 5.75 Å². The van der Waals surface area contributed by atoms with Gasteiger partial charge >= 0.3 is 0 Å². The molecule has 1 aromatic heterocycles. The number of nitrogens with one attached hydrogen (secondary N) is 1. The molecular weight excluding hydrogens is 308 g/mol. The van der Waals surface area contributed by atoms with Crippen LogP contribution in [0.4, 0.5) is 5.69 Å². The van der Waals surface area contributed by atoms with Crippen LogP contribution in [0.2, 0.25) is 0 Å². The van der Waals surface area contributed by atoms with E-state index in [1.807, 2.05) is 48.5 Å². The number of hydrogen-bond donors (Lipinski definition) is 1. The summed E-state index contributed by atoms with van der Waals surface area (Å²) >= 11 is 1.58. The minimum atomic E-state index is -0.184. The Hall–Kier alpha value is -2.92. The second-order valence-electron chi connectivity index (χ2n) is 5.05. The van der Waals surface area contributed by atoms with E-state index in [0.717, 1.165) is 27.2 Å². The highest BCUT2D eigenvalue weighted by Crippen LogP contribution is 2.25. The number of aromatic nitrogens is 1. The summed E-state index contributed by atoms with van der Waals surface area (Å²) in [5.41, 5.74) is 4.81. The molecule has 1 amide bonds. The molecule has 1 N–H and O–H groups in total. The number of benzene rings is 2. The average Bonchev–Trinajstić information content (AvgIpc) is 2.91. The average molecular weight is 320 g/mol. The van der Waals surface area contributed by atoms with Gasteiger partial charge in [0.25, 0.3) is 5.91 Å². The molecule has 0 fully saturated rings. The second kappa shape index (κ2) is 5.70. The van der Waals surface area contributed by atoms with Crippen LogP contribution in [0, 0.1) is 0 Å². The van der Waals surface area contributed by atoms with Crippen LogP contribution in [0.3, 0.4) is 0 Å². The molecule has 0 aliphatic carbocycles. The van der Waals surface area contributed by atoms with E-state index in [9.17, 15) is 4.79 Å². The molecule has 0 bridgehead atoms. The number of amides is 1. The summed E-state index contributed by atoms with van der Waals surface area (Å²) in [6, 6.07) is 13.3. The van der Waals surface area contributed by atoms with Crippen molar-refractivity contribution in [3.8, 4) is 5.75 Å². The third-order valence-corrected chi connectivity index (χ3v) is 4.33. The van der Waals surface area contributed by atoms with Crippen LogP contribution < -0.4 is 10.1 Å². The predicted octanol–water partition coefficient (Wildman–Crippen LogP) is 4.22. The molecule has 0 saturated heterocycles. The number of rotatable bonds is 2. The summed E-state index contributed by atoms with van der Waals surface area (Å²) in [6.07, 6.45) is 5.01. The first-order chi connectivity index (χ1) is 11.3. The van der Waals surface area contributed by atoms with E-state index in [1.54, 1.807) is 22.9 Å². The van der Waals surface area contributed by atoms with E-state index in [0.29, 0.717) is 5.57 Å². The summed E-state index contributed by atoms with van der Waals surface area (Å²) in [6.45, 7) is 0. The Morgan fingerprint density at radius 1 is 1.17 bits per heavy atom. The zero-order valence-electron chi connectivity index (χ0n) is 12.0. The molecule has 0 saturated carbocycles. The zero-order chi connectivity index (χ0) is 15.6. The molecule has 0 radical (unpaired) electrons. The third-order valence-electron chi connectivity index (χ3n) is 3.52. The van der Waals surface area contributed by atoms with Gasteiger partial charge in [-0.2, -0.15) is 0 Å². The normalized spacial score (nSPS) is 13.0. The molecule has 4 rings (SSSR count). The fourth-order valence-corrected chi connectivity index (χ4v) is 3.04. The second-order valence-corrected chi connectivity index (χ2v) is 5.93. The number of ether oxygens (including phenoxy) is 1. The number of hydrogen-bond acceptors (Lipinski definition) is 4. The van der Waals surface area contributed by atoms with Gasteiger partial charge in [-0.15, -0.1) is 11.3 Å². The van der Waals surface area contributed by atoms with Gasteiger partial charge in [-0.05, 0) is 36.4 Å². The van der Waals surface area contributed by atoms with Crippen LogP contribution >= 0.6 is 11.3 Å². The fourth-order valence-electron chi connectivity index (χ4n) is 2.38. The van der Waals surface area contributed by atoms with Gasteiger partial charge in [0.05, 0.1) is 22.0 Å². The molecule has 112 valence electrons. The number of thiazole rings is 1. The Kier molecular flexibility index (Phi) is 3.40. The summed E-state index contributed by atoms with van der Waals surface area (Å²) in [5, 5.41) is 2.90. The number of para-hydroxylation sites is 1. The summed E-state index contributed by atoms with van der Waals surface area (Å²) in [4.78, 5) is 16.8. The molecular formula is C18H12N2O2S. The molecule has 5 heteroatoms. The van der Waals surface area contributed by atoms with Crippen molar-refractivity contribution in [1.82, 2.24) is 4.98 Å². The van der Waals surface area contributed by atoms with Crippen molar-refractivity contribution in [3.05, 3.63) is 71.4 Å². The quantitative estimate of drug-likeness (QED) is 0.769. The molecule has 1 aliphatic rings. The van der Waals surface area contributed by atoms with Crippen molar-refractivity contribution in [3.63, 3.8) is 0 Å². The Labute approximate surface area is 136 Å². The van der Waals surface area contributed by atoms with Gasteiger partial charge in [0.1, 0.15) is 5.75 Å². The lowest BCUT2D eigenvalue weighted by Gasteiger charge is -2.05. The number of carbonyl (C=O) groups is 1. The molecule has 0 atom stereocenters. The van der Waals surface area contributed by atoms with Crippen LogP contribution in [0.15, 0.2) is 65.9 Å². The number of fused-ring (bicyclic) bond motifs is 2. The topological polar surface area (TPSA) is 51.2 Å². The first-order valence-electron chi connectivity index (χ1n) is 7.08. The molecule has 23 heavy (non-hydrogen) atoms. The van der Waals surface area contributed by atoms with Crippen molar-refractivity contribution >= 4 is 39.2 Å². The zero-order valence-corrected chi connectivity index (χ0v) is 12.8. The Morgan fingerprint density at radius 2 is 2.09 bits per heavy atom. The van der Waals surface area contributed by atoms with E-state index in [2.05, 4.69) is 10.3 Å². The number of nitrogens with zero attached hydrogens (tertiary/aromatic N) is 1. The first kappa shape index (κ1) is 13.7. The monoisotopic (exact) mass is 320 g/mol. The summed E-state index contributed by atoms with van der Waals surface area (Å²) < 4.78 is 6.60. The molecule has 2 aromatic carbocycles. The van der Waals surface area contributed by atoms with Crippen LogP contribution in [0.1, 0.15) is 5.56 Å². The Balaban J connectivity index is 1.62. The summed E-state index contributed by atoms with van der Waals surface area (Å²) in [5.74, 6) is 0.548. The molecule has 2 heterocycles. The molecule has 0 unspecified atom stereocenters. The largest absolute Gasteiger partial charge is 0.464 e. The highest BCUT2D eigenvalue weighted by atomic mass is 32.1. The maximum absolute atomic E-state index is 12.5. The van der Waals surface area contributed by atoms with Gasteiger partial charge in [0.15, 0.2) is 0 Å². The minimum Gasteiger partial charge on any atom is -0.464 e. The van der Waals surface area contributed by atoms with E-state index >= 15 is 0 Å². The Bertz CT molecular complexity index is 956. The van der Waals surface area contributed by atoms with E-state index in [1.165, 1.54) is 6.26 Å². The van der Waals surface area contributed by atoms with Crippen LogP contribution in [0.25, 0.3) is 16.3 Å². The molecule has 1 aliphatic heterocycles. The highest BCUT2D eigenvalue weighted by Gasteiger charge is 2.12. The van der Waals surface area contributed by atoms with Gasteiger partial charge < -0.3 is 10.1 Å². The standard InChI is InChI=1S/C18H12N2O2S/c21-18(20-14-5-6-17-15(10-14)19-11-23-17)13-7-8-22-16-4-2-1-3-12(16)9-13/h1-11H,(H,20,21). The SMILES string of the molecule is O=C(Nc1ccc2scnc2c1)C1=Cc2ccccc2OC=C1. The van der Waals surface area contributed by atoms with Crippen molar-refractivity contribution in [2.24, 2.45) is 0 Å². The predicted molar refractivity (Wildman–Crippen MR) is 92.4 cm³/mol. The van der Waals surface area contributed by atoms with Crippen LogP contribution in [-0.2, 0) is 4.79 Å². The number of carbonyl (C=O) groups excluding carboxylic acids is 1. The van der Waals surface area contributed by atoms with Gasteiger partial charge in [0, 0.05) is 16.8 Å². The Morgan fingerprint density at radius 3 is 3.04 bits per heavy atom. The van der Waals surface area contributed by atoms with E-state index in [-0.39, 0.29) is 5.91 Å². The van der Waals surface area contributed by atoms with E-state index < -0.39 is 0 Å². The van der Waals surface area contributed by atoms with Gasteiger partial charge in [-0.1, -0.05) is 18.2 Å². The summed E-state index contributed by atoms with van der Waals surface area (Å²) in [7, 11) is 0. The molecule has 0 spiro atoms. The lowest BCUT2D eigenvalue weighted by Crippen LogP contribution is -2.13. The minimum absolute atomic E-state index is 0.184. The maximum Gasteiger partial charge on any atom is 0.255 e. The third kappa shape index (κ3) is 2.74. The fraction of sp³-hybridized carbons (Fsp3) is 0. The van der Waals surface area contributed by atoms with Crippen molar-refractivity contribution in [2.75, 3.05) is 5.32 Å². The number of anilines is 1. The van der Waals surface area contributed by atoms with Crippen LogP contribution in [-0.4, -0.2) is 10.9 Å². The molecule has 3 aromatic rings. The van der Waals surface area contributed by atoms with Gasteiger partial charge in [-0.25, -0.2) is 4.98 Å². The van der Waals surface area contributed by atoms with Gasteiger partial charge in [0.2, 0.25) is 0 Å². The first-order valence-corrected chi connectivity index (χ1v) is 7.96. The van der Waals surface area contributed by atoms with E-state index in [4.69, 9.17) is 4.74 Å². The lowest BCUT2D eigenvalue weighted by molar-refractivity contribution is -0.112. The molecule has 4 nitrogen and oxygen atoms in total. The van der Waals surface area contributed by atoms with Crippen molar-refractivity contribution in [1.29, 1.82) is 0 Å². The smallest absolute Gasteiger partial charge is 0.255 e. The lowest BCUT2D eigenvalue weighted by atomic mass is 10.1. The van der Waals surface area contributed by atoms with Gasteiger partial charge in [-0.3, -0.25) is 4.79 Å². The van der Waals surface area contributed by atoms with Crippen molar-refractivity contribution in [2.45, 2.75) is 0 Å². The van der Waals surface area contributed by atoms with Crippen molar-refractivity contribution < 1.29 is 9.53 Å².